The van der Waals surface area contributed by atoms with Gasteiger partial charge in [-0.3, -0.25) is 9.48 Å². The van der Waals surface area contributed by atoms with Gasteiger partial charge in [0.1, 0.15) is 11.5 Å². The fourth-order valence-electron chi connectivity index (χ4n) is 3.33. The third-order valence-electron chi connectivity index (χ3n) is 4.74. The molecule has 2 aromatic heterocycles. The topological polar surface area (TPSA) is 76.0 Å². The van der Waals surface area contributed by atoms with Crippen LogP contribution in [0.1, 0.15) is 34.8 Å². The Kier molecular flexibility index (Phi) is 4.46. The van der Waals surface area contributed by atoms with Crippen LogP contribution < -0.4 is 0 Å². The minimum atomic E-state index is 0.0226. The monoisotopic (exact) mass is 353 g/mol. The first-order valence-corrected chi connectivity index (χ1v) is 9.02. The van der Waals surface area contributed by atoms with E-state index in [2.05, 4.69) is 15.1 Å². The Bertz CT molecular complexity index is 890. The van der Waals surface area contributed by atoms with E-state index in [-0.39, 0.29) is 11.8 Å². The summed E-state index contributed by atoms with van der Waals surface area (Å²) < 4.78 is 7.14. The highest BCUT2D eigenvalue weighted by molar-refractivity contribution is 5.93. The highest BCUT2D eigenvalue weighted by atomic mass is 16.5. The number of imidazole rings is 1. The number of carbonyl (C=O) groups is 1. The van der Waals surface area contributed by atoms with Crippen LogP contribution in [0.2, 0.25) is 0 Å². The Morgan fingerprint density at radius 1 is 1.35 bits per heavy atom. The largest absolute Gasteiger partial charge is 0.380 e. The van der Waals surface area contributed by atoms with Crippen LogP contribution >= 0.6 is 0 Å². The molecule has 0 bridgehead atoms. The summed E-state index contributed by atoms with van der Waals surface area (Å²) in [5, 5.41) is 4.42. The van der Waals surface area contributed by atoms with Gasteiger partial charge >= 0.3 is 0 Å². The molecule has 7 heteroatoms. The maximum atomic E-state index is 12.8. The molecule has 1 aliphatic heterocycles. The molecule has 1 aromatic carbocycles. The van der Waals surface area contributed by atoms with E-state index in [0.29, 0.717) is 38.5 Å². The molecule has 7 nitrogen and oxygen atoms in total. The normalized spacial score (nSPS) is 14.8. The molecule has 3 aromatic rings. The zero-order chi connectivity index (χ0) is 18.1. The number of H-pyrrole nitrogens is 1. The van der Waals surface area contributed by atoms with E-state index in [0.717, 1.165) is 22.6 Å². The number of ether oxygens (including phenoxy) is 1. The summed E-state index contributed by atoms with van der Waals surface area (Å²) in [7, 11) is 0. The Labute approximate surface area is 152 Å². The number of hydrogen-bond donors (Lipinski definition) is 1. The lowest BCUT2D eigenvalue weighted by atomic mass is 9.99. The van der Waals surface area contributed by atoms with Crippen LogP contribution in [-0.2, 0) is 11.3 Å². The Morgan fingerprint density at radius 3 is 2.92 bits per heavy atom. The maximum absolute atomic E-state index is 12.8. The molecule has 0 radical (unpaired) electrons. The molecular weight excluding hydrogens is 330 g/mol. The van der Waals surface area contributed by atoms with Gasteiger partial charge in [-0.2, -0.15) is 5.10 Å². The number of carbonyl (C=O) groups excluding carboxylic acids is 1. The van der Waals surface area contributed by atoms with Crippen LogP contribution in [0.3, 0.4) is 0 Å². The van der Waals surface area contributed by atoms with Crippen LogP contribution in [0, 0.1) is 6.92 Å². The minimum Gasteiger partial charge on any atom is -0.380 e. The molecule has 1 saturated heterocycles. The minimum absolute atomic E-state index is 0.0226. The van der Waals surface area contributed by atoms with Crippen molar-refractivity contribution in [2.45, 2.75) is 26.3 Å². The second-order valence-corrected chi connectivity index (χ2v) is 6.64. The van der Waals surface area contributed by atoms with E-state index in [1.807, 2.05) is 49.1 Å². The van der Waals surface area contributed by atoms with Gasteiger partial charge in [0, 0.05) is 19.7 Å². The lowest BCUT2D eigenvalue weighted by molar-refractivity contribution is 0.0578. The van der Waals surface area contributed by atoms with Crippen molar-refractivity contribution in [2.24, 2.45) is 0 Å². The molecule has 1 aliphatic rings. The number of rotatable bonds is 6. The summed E-state index contributed by atoms with van der Waals surface area (Å²) in [6.45, 7) is 7.01. The van der Waals surface area contributed by atoms with Gasteiger partial charge in [-0.1, -0.05) is 12.1 Å². The van der Waals surface area contributed by atoms with Crippen molar-refractivity contribution in [1.29, 1.82) is 0 Å². The summed E-state index contributed by atoms with van der Waals surface area (Å²) in [6, 6.07) is 9.84. The van der Waals surface area contributed by atoms with Crippen LogP contribution in [0.25, 0.3) is 11.0 Å². The molecule has 0 atom stereocenters. The molecule has 0 aliphatic carbocycles. The van der Waals surface area contributed by atoms with Gasteiger partial charge in [0.05, 0.1) is 35.8 Å². The number of amides is 1. The average Bonchev–Trinajstić information content (AvgIpc) is 3.17. The molecule has 1 fully saturated rings. The quantitative estimate of drug-likeness (QED) is 0.690. The molecule has 0 unspecified atom stereocenters. The van der Waals surface area contributed by atoms with Crippen LogP contribution in [-0.4, -0.2) is 56.9 Å². The summed E-state index contributed by atoms with van der Waals surface area (Å²) >= 11 is 0. The zero-order valence-corrected chi connectivity index (χ0v) is 15.1. The van der Waals surface area contributed by atoms with Gasteiger partial charge in [0.15, 0.2) is 0 Å². The fraction of sp³-hybridized carbons (Fsp3) is 0.421. The molecule has 1 N–H and O–H groups in total. The van der Waals surface area contributed by atoms with Gasteiger partial charge in [-0.15, -0.1) is 0 Å². The van der Waals surface area contributed by atoms with Crippen molar-refractivity contribution < 1.29 is 9.53 Å². The van der Waals surface area contributed by atoms with E-state index in [1.54, 1.807) is 4.68 Å². The Morgan fingerprint density at radius 2 is 2.15 bits per heavy atom. The second kappa shape index (κ2) is 6.92. The van der Waals surface area contributed by atoms with Crippen molar-refractivity contribution in [3.8, 4) is 0 Å². The molecule has 4 rings (SSSR count). The number of aryl methyl sites for hydroxylation is 1. The van der Waals surface area contributed by atoms with E-state index in [9.17, 15) is 4.79 Å². The number of nitrogens with zero attached hydrogens (tertiary/aromatic N) is 4. The summed E-state index contributed by atoms with van der Waals surface area (Å²) in [4.78, 5) is 22.7. The van der Waals surface area contributed by atoms with Crippen molar-refractivity contribution in [3.05, 3.63) is 47.5 Å². The molecular formula is C19H23N5O2. The molecule has 136 valence electrons. The standard InChI is InChI=1S/C19H23N5O2/c1-3-26-9-8-24-17(10-13(2)22-24)19(25)23-11-14(12-23)18-20-15-6-4-5-7-16(15)21-18/h4-7,10,14H,3,8-9,11-12H2,1-2H3,(H,20,21). The highest BCUT2D eigenvalue weighted by Crippen LogP contribution is 2.28. The predicted octanol–water partition coefficient (Wildman–Crippen LogP) is 2.34. The summed E-state index contributed by atoms with van der Waals surface area (Å²) in [5.74, 6) is 1.23. The van der Waals surface area contributed by atoms with Gasteiger partial charge in [-0.05, 0) is 32.0 Å². The fourth-order valence-corrected chi connectivity index (χ4v) is 3.33. The Balaban J connectivity index is 1.43. The zero-order valence-electron chi connectivity index (χ0n) is 15.1. The average molecular weight is 353 g/mol. The van der Waals surface area contributed by atoms with Crippen molar-refractivity contribution >= 4 is 16.9 Å². The van der Waals surface area contributed by atoms with E-state index in [4.69, 9.17) is 4.74 Å². The van der Waals surface area contributed by atoms with Gasteiger partial charge in [-0.25, -0.2) is 4.98 Å². The third kappa shape index (κ3) is 3.10. The van der Waals surface area contributed by atoms with Crippen molar-refractivity contribution in [2.75, 3.05) is 26.3 Å². The van der Waals surface area contributed by atoms with E-state index in [1.165, 1.54) is 0 Å². The lowest BCUT2D eigenvalue weighted by Gasteiger charge is -2.38. The smallest absolute Gasteiger partial charge is 0.272 e. The number of para-hydroxylation sites is 2. The molecule has 0 spiro atoms. The van der Waals surface area contributed by atoms with Gasteiger partial charge in [0.2, 0.25) is 0 Å². The van der Waals surface area contributed by atoms with E-state index >= 15 is 0 Å². The lowest BCUT2D eigenvalue weighted by Crippen LogP contribution is -2.49. The third-order valence-corrected chi connectivity index (χ3v) is 4.74. The first-order valence-electron chi connectivity index (χ1n) is 9.02. The van der Waals surface area contributed by atoms with Gasteiger partial charge in [0.25, 0.3) is 5.91 Å². The summed E-state index contributed by atoms with van der Waals surface area (Å²) in [5.41, 5.74) is 3.48. The Hall–Kier alpha value is -2.67. The van der Waals surface area contributed by atoms with Crippen LogP contribution in [0.5, 0.6) is 0 Å². The number of aromatic amines is 1. The van der Waals surface area contributed by atoms with Crippen molar-refractivity contribution in [3.63, 3.8) is 0 Å². The number of benzene rings is 1. The number of aromatic nitrogens is 4. The highest BCUT2D eigenvalue weighted by Gasteiger charge is 2.35. The van der Waals surface area contributed by atoms with Gasteiger partial charge < -0.3 is 14.6 Å². The molecule has 3 heterocycles. The SMILES string of the molecule is CCOCCn1nc(C)cc1C(=O)N1CC(c2nc3ccccc3[nH]2)C1. The van der Waals surface area contributed by atoms with Crippen LogP contribution in [0.15, 0.2) is 30.3 Å². The first-order chi connectivity index (χ1) is 12.7. The first kappa shape index (κ1) is 16.8. The molecule has 1 amide bonds. The molecule has 0 saturated carbocycles. The summed E-state index contributed by atoms with van der Waals surface area (Å²) in [6.07, 6.45) is 0. The molecule has 26 heavy (non-hydrogen) atoms. The van der Waals surface area contributed by atoms with E-state index < -0.39 is 0 Å². The van der Waals surface area contributed by atoms with Crippen molar-refractivity contribution in [1.82, 2.24) is 24.6 Å². The maximum Gasteiger partial charge on any atom is 0.272 e. The number of likely N-dealkylation sites (tertiary alicyclic amines) is 1. The van der Waals surface area contributed by atoms with Crippen LogP contribution in [0.4, 0.5) is 0 Å². The number of fused-ring (bicyclic) bond motifs is 1. The predicted molar refractivity (Wildman–Crippen MR) is 98.2 cm³/mol. The number of nitrogens with one attached hydrogen (secondary N) is 1. The second-order valence-electron chi connectivity index (χ2n) is 6.64. The number of hydrogen-bond acceptors (Lipinski definition) is 4.